The molecule has 1 rings (SSSR count). The van der Waals surface area contributed by atoms with Crippen LogP contribution in [0.3, 0.4) is 0 Å². The maximum absolute atomic E-state index is 11.9. The molecule has 3 amide bonds. The van der Waals surface area contributed by atoms with Crippen LogP contribution in [0.15, 0.2) is 18.2 Å². The number of benzene rings is 1. The van der Waals surface area contributed by atoms with Crippen molar-refractivity contribution in [2.45, 2.75) is 6.92 Å². The van der Waals surface area contributed by atoms with Crippen molar-refractivity contribution in [2.24, 2.45) is 0 Å². The Bertz CT molecular complexity index is 542. The first kappa shape index (κ1) is 15.5. The van der Waals surface area contributed by atoms with Crippen LogP contribution in [0.2, 0.25) is 0 Å². The number of hydrogen-bond acceptors (Lipinski definition) is 3. The van der Waals surface area contributed by atoms with Crippen LogP contribution in [0.4, 0.5) is 10.5 Å². The Kier molecular flexibility index (Phi) is 5.08. The summed E-state index contributed by atoms with van der Waals surface area (Å²) in [5.74, 6) is -1.36. The second-order valence-electron chi connectivity index (χ2n) is 4.29. The number of nitrogens with zero attached hydrogens (tertiary/aromatic N) is 1. The monoisotopic (exact) mass is 279 g/mol. The number of carboxylic acid groups (broad SMARTS) is 1. The molecule has 0 aliphatic heterocycles. The molecule has 1 aromatic rings. The fourth-order valence-electron chi connectivity index (χ4n) is 1.47. The molecule has 0 aromatic heterocycles. The lowest BCUT2D eigenvalue weighted by Gasteiger charge is -2.18. The summed E-state index contributed by atoms with van der Waals surface area (Å²) in [7, 11) is 2.95. The van der Waals surface area contributed by atoms with E-state index in [0.29, 0.717) is 5.69 Å². The standard InChI is InChI=1S/C13H17N3O4/c1-8-4-5-9(12(18)19)6-10(8)15-13(20)16(3)7-11(17)14-2/h4-6H,7H2,1-3H3,(H,14,17)(H,15,20)(H,18,19). The van der Waals surface area contributed by atoms with Crippen molar-refractivity contribution in [2.75, 3.05) is 26.0 Å². The Hall–Kier alpha value is -2.57. The minimum absolute atomic E-state index is 0.0832. The summed E-state index contributed by atoms with van der Waals surface area (Å²) in [5.41, 5.74) is 1.22. The van der Waals surface area contributed by atoms with E-state index in [0.717, 1.165) is 5.56 Å². The van der Waals surface area contributed by atoms with Crippen LogP contribution in [0.5, 0.6) is 0 Å². The van der Waals surface area contributed by atoms with E-state index in [1.54, 1.807) is 13.0 Å². The number of aromatic carboxylic acids is 1. The van der Waals surface area contributed by atoms with Gasteiger partial charge in [0.05, 0.1) is 5.56 Å². The fraction of sp³-hybridized carbons (Fsp3) is 0.308. The lowest BCUT2D eigenvalue weighted by Crippen LogP contribution is -2.39. The Labute approximate surface area is 116 Å². The third-order valence-corrected chi connectivity index (χ3v) is 2.73. The molecule has 3 N–H and O–H groups in total. The lowest BCUT2D eigenvalue weighted by atomic mass is 10.1. The van der Waals surface area contributed by atoms with Crippen LogP contribution in [0.25, 0.3) is 0 Å². The van der Waals surface area contributed by atoms with Crippen LogP contribution in [0, 0.1) is 6.92 Å². The molecule has 0 atom stereocenters. The van der Waals surface area contributed by atoms with Gasteiger partial charge in [-0.25, -0.2) is 9.59 Å². The van der Waals surface area contributed by atoms with Crippen molar-refractivity contribution >= 4 is 23.6 Å². The van der Waals surface area contributed by atoms with E-state index >= 15 is 0 Å². The van der Waals surface area contributed by atoms with Gasteiger partial charge in [0, 0.05) is 19.8 Å². The number of aryl methyl sites for hydroxylation is 1. The highest BCUT2D eigenvalue weighted by molar-refractivity contribution is 5.95. The largest absolute Gasteiger partial charge is 0.478 e. The number of carbonyl (C=O) groups is 3. The smallest absolute Gasteiger partial charge is 0.335 e. The topological polar surface area (TPSA) is 98.7 Å². The quantitative estimate of drug-likeness (QED) is 0.762. The lowest BCUT2D eigenvalue weighted by molar-refractivity contribution is -0.120. The van der Waals surface area contributed by atoms with Gasteiger partial charge in [0.1, 0.15) is 6.54 Å². The zero-order valence-corrected chi connectivity index (χ0v) is 11.6. The summed E-state index contributed by atoms with van der Waals surface area (Å²) in [5, 5.41) is 13.9. The van der Waals surface area contributed by atoms with Crippen molar-refractivity contribution in [1.82, 2.24) is 10.2 Å². The predicted octanol–water partition coefficient (Wildman–Crippen LogP) is 0.903. The molecule has 0 fully saturated rings. The Morgan fingerprint density at radius 1 is 1.30 bits per heavy atom. The van der Waals surface area contributed by atoms with E-state index in [1.807, 2.05) is 0 Å². The average molecular weight is 279 g/mol. The van der Waals surface area contributed by atoms with Crippen LogP contribution in [-0.4, -0.2) is 48.6 Å². The molecular weight excluding hydrogens is 262 g/mol. The molecule has 0 unspecified atom stereocenters. The highest BCUT2D eigenvalue weighted by Crippen LogP contribution is 2.17. The van der Waals surface area contributed by atoms with Gasteiger partial charge in [-0.1, -0.05) is 6.07 Å². The van der Waals surface area contributed by atoms with Crippen molar-refractivity contribution in [3.63, 3.8) is 0 Å². The summed E-state index contributed by atoms with van der Waals surface area (Å²) in [6.07, 6.45) is 0. The summed E-state index contributed by atoms with van der Waals surface area (Å²) in [6.45, 7) is 1.67. The van der Waals surface area contributed by atoms with Gasteiger partial charge >= 0.3 is 12.0 Å². The van der Waals surface area contributed by atoms with Crippen LogP contribution in [0.1, 0.15) is 15.9 Å². The number of carbonyl (C=O) groups excluding carboxylic acids is 2. The van der Waals surface area contributed by atoms with Crippen LogP contribution >= 0.6 is 0 Å². The molecule has 108 valence electrons. The van der Waals surface area contributed by atoms with Crippen LogP contribution in [-0.2, 0) is 4.79 Å². The number of urea groups is 1. The first-order valence-corrected chi connectivity index (χ1v) is 5.91. The van der Waals surface area contributed by atoms with E-state index in [1.165, 1.54) is 31.1 Å². The van der Waals surface area contributed by atoms with E-state index < -0.39 is 12.0 Å². The molecule has 0 aliphatic rings. The molecule has 0 spiro atoms. The molecule has 0 saturated heterocycles. The molecule has 20 heavy (non-hydrogen) atoms. The third kappa shape index (κ3) is 3.98. The number of carboxylic acids is 1. The summed E-state index contributed by atoms with van der Waals surface area (Å²) in [4.78, 5) is 35.2. The number of amides is 3. The summed E-state index contributed by atoms with van der Waals surface area (Å²) >= 11 is 0. The van der Waals surface area contributed by atoms with E-state index in [-0.39, 0.29) is 18.0 Å². The average Bonchev–Trinajstić information content (AvgIpc) is 2.40. The predicted molar refractivity (Wildman–Crippen MR) is 73.9 cm³/mol. The molecule has 0 heterocycles. The number of nitrogens with one attached hydrogen (secondary N) is 2. The maximum Gasteiger partial charge on any atom is 0.335 e. The SMILES string of the molecule is CNC(=O)CN(C)C(=O)Nc1cc(C(=O)O)ccc1C. The molecule has 0 aliphatic carbocycles. The second kappa shape index (κ2) is 6.55. The molecule has 0 saturated carbocycles. The van der Waals surface area contributed by atoms with Gasteiger partial charge in [0.25, 0.3) is 0 Å². The van der Waals surface area contributed by atoms with Gasteiger partial charge in [-0.3, -0.25) is 4.79 Å². The van der Waals surface area contributed by atoms with Crippen molar-refractivity contribution in [1.29, 1.82) is 0 Å². The van der Waals surface area contributed by atoms with E-state index in [9.17, 15) is 14.4 Å². The highest BCUT2D eigenvalue weighted by atomic mass is 16.4. The molecule has 7 nitrogen and oxygen atoms in total. The van der Waals surface area contributed by atoms with Crippen molar-refractivity contribution < 1.29 is 19.5 Å². The maximum atomic E-state index is 11.9. The van der Waals surface area contributed by atoms with Gasteiger partial charge in [-0.15, -0.1) is 0 Å². The minimum Gasteiger partial charge on any atom is -0.478 e. The highest BCUT2D eigenvalue weighted by Gasteiger charge is 2.14. The molecular formula is C13H17N3O4. The Morgan fingerprint density at radius 3 is 2.50 bits per heavy atom. The van der Waals surface area contributed by atoms with Gasteiger partial charge < -0.3 is 20.6 Å². The van der Waals surface area contributed by atoms with Gasteiger partial charge in [-0.2, -0.15) is 0 Å². The zero-order chi connectivity index (χ0) is 15.3. The Morgan fingerprint density at radius 2 is 1.95 bits per heavy atom. The van der Waals surface area contributed by atoms with E-state index in [2.05, 4.69) is 10.6 Å². The first-order chi connectivity index (χ1) is 9.35. The third-order valence-electron chi connectivity index (χ3n) is 2.73. The summed E-state index contributed by atoms with van der Waals surface area (Å²) < 4.78 is 0. The van der Waals surface area contributed by atoms with Gasteiger partial charge in [0.15, 0.2) is 0 Å². The Balaban J connectivity index is 2.82. The normalized spacial score (nSPS) is 9.75. The first-order valence-electron chi connectivity index (χ1n) is 5.91. The second-order valence-corrected chi connectivity index (χ2v) is 4.29. The number of hydrogen-bond donors (Lipinski definition) is 3. The number of likely N-dealkylation sites (N-methyl/N-ethyl adjacent to an activating group) is 2. The summed E-state index contributed by atoms with van der Waals surface area (Å²) in [6, 6.07) is 3.96. The van der Waals surface area contributed by atoms with Crippen molar-refractivity contribution in [3.8, 4) is 0 Å². The fourth-order valence-corrected chi connectivity index (χ4v) is 1.47. The molecule has 1 aromatic carbocycles. The minimum atomic E-state index is -1.07. The van der Waals surface area contributed by atoms with E-state index in [4.69, 9.17) is 5.11 Å². The van der Waals surface area contributed by atoms with Crippen LogP contribution < -0.4 is 10.6 Å². The molecule has 7 heteroatoms. The van der Waals surface area contributed by atoms with Crippen molar-refractivity contribution in [3.05, 3.63) is 29.3 Å². The molecule has 0 radical (unpaired) electrons. The zero-order valence-electron chi connectivity index (χ0n) is 11.6. The number of rotatable bonds is 4. The molecule has 0 bridgehead atoms. The van der Waals surface area contributed by atoms with Gasteiger partial charge in [0.2, 0.25) is 5.91 Å². The number of anilines is 1. The van der Waals surface area contributed by atoms with Gasteiger partial charge in [-0.05, 0) is 24.6 Å².